The first-order chi connectivity index (χ1) is 20.3. The van der Waals surface area contributed by atoms with Crippen LogP contribution in [-0.4, -0.2) is 13.0 Å². The second-order valence-electron chi connectivity index (χ2n) is 14.0. The summed E-state index contributed by atoms with van der Waals surface area (Å²) in [5, 5.41) is 0. The Labute approximate surface area is 257 Å². The predicted molar refractivity (Wildman–Crippen MR) is 189 cm³/mol. The molecule has 4 aromatic carbocycles. The monoisotopic (exact) mass is 663 g/mol. The van der Waals surface area contributed by atoms with Gasteiger partial charge in [0.05, 0.1) is 0 Å². The molecule has 217 valence electrons. The zero-order valence-corrected chi connectivity index (χ0v) is 31.5. The van der Waals surface area contributed by atoms with Crippen LogP contribution in [0.4, 0.5) is 0 Å². The van der Waals surface area contributed by atoms with Gasteiger partial charge < -0.3 is 0 Å². The fraction of sp³-hybridized carbons (Fsp3) is 0.333. The SMILES string of the molecule is CC[SiH](CC)[Si](CC)(CC)[Zr]([CH3])([CH3])([c]1ccc(-c2ccccc2)c2c1Cc1ccccc1-2)[CH]1C(C)=Cc2ccccc21. The van der Waals surface area contributed by atoms with Crippen LogP contribution in [0.25, 0.3) is 28.3 Å². The Hall–Kier alpha value is -2.06. The molecule has 0 heterocycles. The molecule has 2 aliphatic rings. The van der Waals surface area contributed by atoms with Gasteiger partial charge in [-0.3, -0.25) is 0 Å². The fourth-order valence-electron chi connectivity index (χ4n) is 10.8. The summed E-state index contributed by atoms with van der Waals surface area (Å²) in [5.41, 5.74) is 13.8. The van der Waals surface area contributed by atoms with E-state index in [-0.39, 0.29) is 0 Å². The maximum atomic E-state index is 3.00. The molecule has 6 rings (SSSR count). The summed E-state index contributed by atoms with van der Waals surface area (Å²) in [5.74, 6) is 0. The summed E-state index contributed by atoms with van der Waals surface area (Å²) in [6.07, 6.45) is 3.67. The van der Waals surface area contributed by atoms with Gasteiger partial charge in [-0.1, -0.05) is 0 Å². The van der Waals surface area contributed by atoms with E-state index in [1.54, 1.807) is 22.3 Å². The summed E-state index contributed by atoms with van der Waals surface area (Å²) >= 11 is -3.96. The Morgan fingerprint density at radius 1 is 0.738 bits per heavy atom. The van der Waals surface area contributed by atoms with Crippen molar-refractivity contribution >= 4 is 22.4 Å². The molecule has 0 radical (unpaired) electrons. The number of rotatable bonds is 9. The average Bonchev–Trinajstić information content (AvgIpc) is 3.57. The quantitative estimate of drug-likeness (QED) is 0.138. The molecule has 1 atom stereocenters. The van der Waals surface area contributed by atoms with E-state index in [2.05, 4.69) is 141 Å². The molecule has 1 unspecified atom stereocenters. The molecule has 3 heteroatoms. The first-order valence-electron chi connectivity index (χ1n) is 16.5. The molecule has 0 bridgehead atoms. The Balaban J connectivity index is 1.76. The molecule has 0 fully saturated rings. The molecule has 2 aliphatic carbocycles. The van der Waals surface area contributed by atoms with E-state index in [0.29, 0.717) is 3.63 Å². The van der Waals surface area contributed by atoms with Gasteiger partial charge in [-0.2, -0.15) is 0 Å². The summed E-state index contributed by atoms with van der Waals surface area (Å²) < 4.78 is 6.77. The Morgan fingerprint density at radius 2 is 1.38 bits per heavy atom. The van der Waals surface area contributed by atoms with Gasteiger partial charge in [0.25, 0.3) is 0 Å². The van der Waals surface area contributed by atoms with Gasteiger partial charge in [-0.25, -0.2) is 0 Å². The van der Waals surface area contributed by atoms with Crippen LogP contribution in [0.3, 0.4) is 0 Å². The molecule has 0 saturated carbocycles. The zero-order valence-electron chi connectivity index (χ0n) is 26.9. The van der Waals surface area contributed by atoms with Crippen molar-refractivity contribution in [1.29, 1.82) is 0 Å². The summed E-state index contributed by atoms with van der Waals surface area (Å²) in [6.45, 7) is 12.9. The van der Waals surface area contributed by atoms with E-state index in [0.717, 1.165) is 6.42 Å². The van der Waals surface area contributed by atoms with Gasteiger partial charge in [0.15, 0.2) is 0 Å². The van der Waals surface area contributed by atoms with E-state index in [1.807, 2.05) is 3.27 Å². The van der Waals surface area contributed by atoms with Crippen LogP contribution in [0.5, 0.6) is 0 Å². The summed E-state index contributed by atoms with van der Waals surface area (Å²) in [4.78, 5) is 0. The van der Waals surface area contributed by atoms with Gasteiger partial charge in [0.2, 0.25) is 0 Å². The van der Waals surface area contributed by atoms with E-state index < -0.39 is 31.0 Å². The van der Waals surface area contributed by atoms with E-state index in [4.69, 9.17) is 0 Å². The minimum atomic E-state index is -3.96. The van der Waals surface area contributed by atoms with Crippen molar-refractivity contribution in [2.24, 2.45) is 0 Å². The Bertz CT molecular complexity index is 1660. The molecule has 0 spiro atoms. The predicted octanol–water partition coefficient (Wildman–Crippen LogP) is 10.8. The molecular weight excluding hydrogens is 616 g/mol. The van der Waals surface area contributed by atoms with Crippen molar-refractivity contribution in [3.63, 3.8) is 0 Å². The van der Waals surface area contributed by atoms with Crippen molar-refractivity contribution in [2.75, 3.05) is 0 Å². The average molecular weight is 665 g/mol. The van der Waals surface area contributed by atoms with Crippen molar-refractivity contribution in [3.05, 3.63) is 119 Å². The van der Waals surface area contributed by atoms with E-state index >= 15 is 0 Å². The Kier molecular flexibility index (Phi) is 7.95. The first kappa shape index (κ1) is 30.0. The number of hydrogen-bond acceptors (Lipinski definition) is 0. The van der Waals surface area contributed by atoms with Crippen LogP contribution in [0.15, 0.2) is 96.6 Å². The molecule has 0 saturated heterocycles. The summed E-state index contributed by atoms with van der Waals surface area (Å²) in [6, 6.07) is 41.1. The fourth-order valence-corrected chi connectivity index (χ4v) is 113. The molecule has 4 aromatic rings. The van der Waals surface area contributed by atoms with Crippen molar-refractivity contribution in [1.82, 2.24) is 0 Å². The van der Waals surface area contributed by atoms with Gasteiger partial charge >= 0.3 is 260 Å². The van der Waals surface area contributed by atoms with Crippen LogP contribution in [0.2, 0.25) is 33.4 Å². The van der Waals surface area contributed by atoms with Gasteiger partial charge in [-0.05, 0) is 0 Å². The Morgan fingerprint density at radius 3 is 2.07 bits per heavy atom. The molecule has 42 heavy (non-hydrogen) atoms. The first-order valence-corrected chi connectivity index (χ1v) is 33.6. The van der Waals surface area contributed by atoms with Gasteiger partial charge in [0.1, 0.15) is 0 Å². The van der Waals surface area contributed by atoms with Crippen LogP contribution in [0, 0.1) is 0 Å². The van der Waals surface area contributed by atoms with Crippen molar-refractivity contribution < 1.29 is 17.9 Å². The number of fused-ring (bicyclic) bond motifs is 4. The number of hydrogen-bond donors (Lipinski definition) is 0. The number of allylic oxidation sites excluding steroid dienone is 1. The van der Waals surface area contributed by atoms with Crippen molar-refractivity contribution in [3.8, 4) is 22.3 Å². The van der Waals surface area contributed by atoms with E-state index in [1.165, 1.54) is 52.0 Å². The second kappa shape index (κ2) is 11.1. The zero-order chi connectivity index (χ0) is 29.7. The van der Waals surface area contributed by atoms with Gasteiger partial charge in [0, 0.05) is 0 Å². The molecule has 0 N–H and O–H groups in total. The third kappa shape index (κ3) is 4.06. The third-order valence-electron chi connectivity index (χ3n) is 12.5. The number of benzene rings is 4. The van der Waals surface area contributed by atoms with Crippen LogP contribution in [-0.2, 0) is 24.4 Å². The minimum absolute atomic E-state index is 0.609. The van der Waals surface area contributed by atoms with Gasteiger partial charge in [-0.15, -0.1) is 0 Å². The standard InChI is InChI=1S/C19H13.C10H9.C8H21Si2.2CH3.Zr/c1-2-7-14(8-3-1)17-12-6-10-16-13-15-9-4-5-11-18(15)19(16)17;1-8-6-9-4-2-3-5-10(9)7-8;1-5-9(6-2)10(7-3)8-4;;;/h1-9,11-12H,13H2;2-7H,1H3;9H,5-8H2,1-4H3;2*1H3;. The van der Waals surface area contributed by atoms with Crippen LogP contribution >= 0.6 is 0 Å². The van der Waals surface area contributed by atoms with E-state index in [9.17, 15) is 0 Å². The molecular formula is C39H49Si2Zr. The van der Waals surface area contributed by atoms with Crippen LogP contribution < -0.4 is 3.27 Å². The molecule has 0 aliphatic heterocycles. The maximum absolute atomic E-state index is 3.96. The topological polar surface area (TPSA) is 0 Å². The third-order valence-corrected chi connectivity index (χ3v) is 98.4. The van der Waals surface area contributed by atoms with Crippen molar-refractivity contribution in [2.45, 2.75) is 78.1 Å². The van der Waals surface area contributed by atoms with Crippen LogP contribution in [0.1, 0.15) is 60.5 Å². The molecule has 0 nitrogen and oxygen atoms in total. The molecule has 0 aromatic heterocycles. The second-order valence-corrected chi connectivity index (χ2v) is 62.2. The summed E-state index contributed by atoms with van der Waals surface area (Å²) in [7, 11) is -0.972. The molecule has 0 amide bonds. The normalized spacial score (nSPS) is 16.9.